The van der Waals surface area contributed by atoms with Gasteiger partial charge in [0.25, 0.3) is 6.47 Å². The monoisotopic (exact) mass is 250 g/mol. The van der Waals surface area contributed by atoms with Crippen LogP contribution in [0.15, 0.2) is 30.3 Å². The van der Waals surface area contributed by atoms with Crippen LogP contribution in [0, 0.1) is 0 Å². The first kappa shape index (κ1) is 14.4. The normalized spacial score (nSPS) is 12.8. The summed E-state index contributed by atoms with van der Waals surface area (Å²) in [4.78, 5) is 22.2. The van der Waals surface area contributed by atoms with E-state index in [1.54, 1.807) is 13.8 Å². The molecule has 1 rings (SSSR count). The Bertz CT molecular complexity index is 398. The van der Waals surface area contributed by atoms with Gasteiger partial charge in [0.05, 0.1) is 6.61 Å². The summed E-state index contributed by atoms with van der Waals surface area (Å²) in [6.45, 7) is 5.49. The fourth-order valence-electron chi connectivity index (χ4n) is 1.54. The molecule has 4 nitrogen and oxygen atoms in total. The van der Waals surface area contributed by atoms with Crippen LogP contribution < -0.4 is 0 Å². The molecule has 0 bridgehead atoms. The molecule has 1 atom stereocenters. The number of carbonyl (C=O) groups is 2. The molecule has 0 N–H and O–H groups in total. The Hall–Kier alpha value is -1.68. The molecule has 0 amide bonds. The van der Waals surface area contributed by atoms with E-state index in [9.17, 15) is 9.59 Å². The molecule has 0 aliphatic rings. The zero-order valence-corrected chi connectivity index (χ0v) is 10.9. The number of hydrogen-bond donors (Lipinski definition) is 0. The van der Waals surface area contributed by atoms with Gasteiger partial charge in [-0.3, -0.25) is 9.59 Å². The van der Waals surface area contributed by atoms with E-state index in [2.05, 4.69) is 4.74 Å². The zero-order valence-electron chi connectivity index (χ0n) is 10.9. The first-order valence-electron chi connectivity index (χ1n) is 5.78. The van der Waals surface area contributed by atoms with Crippen molar-refractivity contribution in [1.29, 1.82) is 0 Å². The van der Waals surface area contributed by atoms with Crippen LogP contribution in [0.25, 0.3) is 0 Å². The van der Waals surface area contributed by atoms with Crippen molar-refractivity contribution in [3.63, 3.8) is 0 Å². The number of Topliss-reactive ketones (excluding diaryl/α,β-unsaturated/α-hetero) is 1. The lowest BCUT2D eigenvalue weighted by Crippen LogP contribution is -2.42. The molecule has 0 heterocycles. The molecule has 1 aromatic rings. The topological polar surface area (TPSA) is 52.6 Å². The molecule has 0 aromatic heterocycles. The number of hydrogen-bond acceptors (Lipinski definition) is 4. The lowest BCUT2D eigenvalue weighted by molar-refractivity contribution is -0.157. The molecule has 1 unspecified atom stereocenters. The van der Waals surface area contributed by atoms with Gasteiger partial charge >= 0.3 is 0 Å². The number of ether oxygens (including phenoxy) is 2. The van der Waals surface area contributed by atoms with Crippen LogP contribution in [0.1, 0.15) is 26.3 Å². The summed E-state index contributed by atoms with van der Waals surface area (Å²) < 4.78 is 10.2. The minimum atomic E-state index is -0.988. The second-order valence-electron chi connectivity index (χ2n) is 4.52. The summed E-state index contributed by atoms with van der Waals surface area (Å²) in [7, 11) is 0. The molecule has 18 heavy (non-hydrogen) atoms. The predicted octanol–water partition coefficient (Wildman–Crippen LogP) is 2.11. The van der Waals surface area contributed by atoms with Gasteiger partial charge in [-0.2, -0.15) is 0 Å². The van der Waals surface area contributed by atoms with Gasteiger partial charge < -0.3 is 9.47 Å². The van der Waals surface area contributed by atoms with E-state index in [1.807, 2.05) is 30.3 Å². The molecule has 0 fully saturated rings. The number of ketones is 1. The Morgan fingerprint density at radius 2 is 1.94 bits per heavy atom. The van der Waals surface area contributed by atoms with Gasteiger partial charge in [0, 0.05) is 0 Å². The fourth-order valence-corrected chi connectivity index (χ4v) is 1.54. The molecule has 0 saturated heterocycles. The van der Waals surface area contributed by atoms with Crippen molar-refractivity contribution >= 4 is 12.3 Å². The van der Waals surface area contributed by atoms with Crippen LogP contribution in [0.2, 0.25) is 0 Å². The number of benzene rings is 1. The molecule has 0 aliphatic heterocycles. The molecular formula is C14H18O4. The van der Waals surface area contributed by atoms with Crippen molar-refractivity contribution < 1.29 is 19.1 Å². The highest BCUT2D eigenvalue weighted by atomic mass is 16.5. The zero-order chi connectivity index (χ0) is 13.6. The molecule has 0 spiro atoms. The standard InChI is InChI=1S/C14H18O4/c1-11(17-10-15)13(16)14(2,3)18-9-12-7-5-4-6-8-12/h4-8,10-11H,9H2,1-3H3. The maximum absolute atomic E-state index is 12.0. The third-order valence-electron chi connectivity index (χ3n) is 2.66. The SMILES string of the molecule is CC(OC=O)C(=O)C(C)(C)OCc1ccccc1. The quantitative estimate of drug-likeness (QED) is 0.695. The highest BCUT2D eigenvalue weighted by molar-refractivity contribution is 5.90. The second-order valence-corrected chi connectivity index (χ2v) is 4.52. The van der Waals surface area contributed by atoms with Crippen molar-refractivity contribution in [2.24, 2.45) is 0 Å². The predicted molar refractivity (Wildman–Crippen MR) is 66.9 cm³/mol. The van der Waals surface area contributed by atoms with Crippen molar-refractivity contribution in [2.45, 2.75) is 39.1 Å². The summed E-state index contributed by atoms with van der Waals surface area (Å²) in [6.07, 6.45) is -0.798. The Morgan fingerprint density at radius 3 is 2.50 bits per heavy atom. The van der Waals surface area contributed by atoms with Gasteiger partial charge in [0.2, 0.25) is 5.78 Å². The second kappa shape index (κ2) is 6.31. The molecule has 98 valence electrons. The smallest absolute Gasteiger partial charge is 0.293 e. The Labute approximate surface area is 107 Å². The minimum Gasteiger partial charge on any atom is -0.457 e. The fraction of sp³-hybridized carbons (Fsp3) is 0.429. The lowest BCUT2D eigenvalue weighted by atomic mass is 9.99. The van der Waals surface area contributed by atoms with E-state index >= 15 is 0 Å². The Morgan fingerprint density at radius 1 is 1.33 bits per heavy atom. The van der Waals surface area contributed by atoms with E-state index in [1.165, 1.54) is 6.92 Å². The molecule has 0 radical (unpaired) electrons. The first-order chi connectivity index (χ1) is 8.47. The van der Waals surface area contributed by atoms with Crippen LogP contribution >= 0.6 is 0 Å². The summed E-state index contributed by atoms with van der Waals surface area (Å²) in [5.74, 6) is -0.259. The van der Waals surface area contributed by atoms with E-state index in [0.29, 0.717) is 6.61 Å². The van der Waals surface area contributed by atoms with E-state index in [4.69, 9.17) is 4.74 Å². The summed E-state index contributed by atoms with van der Waals surface area (Å²) in [5.41, 5.74) is 0.000443. The third-order valence-corrected chi connectivity index (χ3v) is 2.66. The molecule has 0 aliphatic carbocycles. The maximum Gasteiger partial charge on any atom is 0.293 e. The maximum atomic E-state index is 12.0. The van der Waals surface area contributed by atoms with Gasteiger partial charge in [-0.05, 0) is 26.3 Å². The first-order valence-corrected chi connectivity index (χ1v) is 5.78. The van der Waals surface area contributed by atoms with Crippen molar-refractivity contribution in [2.75, 3.05) is 0 Å². The van der Waals surface area contributed by atoms with E-state index in [0.717, 1.165) is 5.56 Å². The summed E-state index contributed by atoms with van der Waals surface area (Å²) in [6, 6.07) is 9.58. The van der Waals surface area contributed by atoms with Gasteiger partial charge in [0.1, 0.15) is 5.60 Å². The highest BCUT2D eigenvalue weighted by Crippen LogP contribution is 2.17. The van der Waals surface area contributed by atoms with Crippen LogP contribution in [0.5, 0.6) is 0 Å². The average molecular weight is 250 g/mol. The number of carbonyl (C=O) groups excluding carboxylic acids is 2. The van der Waals surface area contributed by atoms with E-state index < -0.39 is 11.7 Å². The van der Waals surface area contributed by atoms with Gasteiger partial charge in [-0.15, -0.1) is 0 Å². The molecule has 4 heteroatoms. The van der Waals surface area contributed by atoms with Crippen LogP contribution in [0.3, 0.4) is 0 Å². The number of rotatable bonds is 7. The Balaban J connectivity index is 2.58. The van der Waals surface area contributed by atoms with Crippen molar-refractivity contribution in [3.05, 3.63) is 35.9 Å². The highest BCUT2D eigenvalue weighted by Gasteiger charge is 2.33. The van der Waals surface area contributed by atoms with Crippen LogP contribution in [0.4, 0.5) is 0 Å². The third kappa shape index (κ3) is 3.96. The molecule has 0 saturated carbocycles. The van der Waals surface area contributed by atoms with Gasteiger partial charge in [-0.1, -0.05) is 30.3 Å². The summed E-state index contributed by atoms with van der Waals surface area (Å²) >= 11 is 0. The lowest BCUT2D eigenvalue weighted by Gasteiger charge is -2.26. The minimum absolute atomic E-state index is 0.259. The molecule has 1 aromatic carbocycles. The summed E-state index contributed by atoms with van der Waals surface area (Å²) in [5, 5.41) is 0. The average Bonchev–Trinajstić information content (AvgIpc) is 2.37. The van der Waals surface area contributed by atoms with Crippen LogP contribution in [-0.2, 0) is 25.7 Å². The Kier molecular flexibility index (Phi) is 5.04. The van der Waals surface area contributed by atoms with E-state index in [-0.39, 0.29) is 12.3 Å². The van der Waals surface area contributed by atoms with Crippen LogP contribution in [-0.4, -0.2) is 24.0 Å². The van der Waals surface area contributed by atoms with Gasteiger partial charge in [-0.25, -0.2) is 0 Å². The molecular weight excluding hydrogens is 232 g/mol. The van der Waals surface area contributed by atoms with Crippen molar-refractivity contribution in [1.82, 2.24) is 0 Å². The largest absolute Gasteiger partial charge is 0.457 e. The van der Waals surface area contributed by atoms with Gasteiger partial charge in [0.15, 0.2) is 6.10 Å². The van der Waals surface area contributed by atoms with Crippen molar-refractivity contribution in [3.8, 4) is 0 Å².